The number of hydrogen-bond donors (Lipinski definition) is 0. The summed E-state index contributed by atoms with van der Waals surface area (Å²) < 4.78 is 0. The van der Waals surface area contributed by atoms with E-state index in [1.165, 1.54) is 6.34 Å². The van der Waals surface area contributed by atoms with E-state index in [9.17, 15) is 0 Å². The number of nitrogens with zero attached hydrogens (tertiary/aromatic N) is 4. The summed E-state index contributed by atoms with van der Waals surface area (Å²) >= 11 is 0. The third kappa shape index (κ3) is 0.568. The number of rotatable bonds is 0. The van der Waals surface area contributed by atoms with Crippen LogP contribution in [0.15, 0.2) is 9.98 Å². The monoisotopic (exact) mass is 108 g/mol. The Kier molecular flexibility index (Phi) is 1.02. The molecular formula is C4H4N4. The van der Waals surface area contributed by atoms with E-state index in [1.54, 1.807) is 6.92 Å². The normalized spacial score (nSPS) is 16.1. The molecule has 0 unspecified atom stereocenters. The third-order valence-corrected chi connectivity index (χ3v) is 0.850. The van der Waals surface area contributed by atoms with Crippen LogP contribution in [-0.2, 0) is 0 Å². The first-order valence-corrected chi connectivity index (χ1v) is 2.14. The Bertz CT molecular complexity index is 206. The van der Waals surface area contributed by atoms with Crippen molar-refractivity contribution in [1.82, 2.24) is 0 Å². The molecule has 0 atom stereocenters. The van der Waals surface area contributed by atoms with Crippen molar-refractivity contribution in [3.05, 3.63) is 5.53 Å². The summed E-state index contributed by atoms with van der Waals surface area (Å²) in [5.41, 5.74) is 8.78. The van der Waals surface area contributed by atoms with Crippen LogP contribution in [0.5, 0.6) is 0 Å². The van der Waals surface area contributed by atoms with E-state index in [4.69, 9.17) is 5.53 Å². The fourth-order valence-electron chi connectivity index (χ4n) is 0.419. The molecule has 1 aliphatic heterocycles. The van der Waals surface area contributed by atoms with Crippen molar-refractivity contribution >= 4 is 17.9 Å². The van der Waals surface area contributed by atoms with Crippen molar-refractivity contribution < 1.29 is 4.79 Å². The van der Waals surface area contributed by atoms with Crippen molar-refractivity contribution in [2.45, 2.75) is 6.92 Å². The highest BCUT2D eigenvalue weighted by atomic mass is 15.0. The van der Waals surface area contributed by atoms with Crippen molar-refractivity contribution in [3.63, 3.8) is 0 Å². The molecule has 0 bridgehead atoms. The van der Waals surface area contributed by atoms with E-state index in [0.29, 0.717) is 11.5 Å². The van der Waals surface area contributed by atoms with Gasteiger partial charge in [-0.2, -0.15) is 0 Å². The summed E-state index contributed by atoms with van der Waals surface area (Å²) in [7, 11) is 0. The molecule has 1 heterocycles. The van der Waals surface area contributed by atoms with E-state index >= 15 is 0 Å². The number of amidine groups is 1. The van der Waals surface area contributed by atoms with E-state index in [2.05, 4.69) is 14.8 Å². The zero-order valence-electron chi connectivity index (χ0n) is 4.37. The number of hydrogen-bond acceptors (Lipinski definition) is 1. The lowest BCUT2D eigenvalue weighted by Gasteiger charge is -1.72. The molecule has 40 valence electrons. The van der Waals surface area contributed by atoms with Gasteiger partial charge in [0, 0.05) is 0 Å². The van der Waals surface area contributed by atoms with Gasteiger partial charge in [0.25, 0.3) is 0 Å². The molecule has 0 spiro atoms. The fourth-order valence-corrected chi connectivity index (χ4v) is 0.419. The smallest absolute Gasteiger partial charge is 0.423 e. The van der Waals surface area contributed by atoms with E-state index in [-0.39, 0.29) is 0 Å². The molecule has 0 aliphatic carbocycles. The highest BCUT2D eigenvalue weighted by molar-refractivity contribution is 6.43. The van der Waals surface area contributed by atoms with Crippen molar-refractivity contribution in [1.29, 1.82) is 0 Å². The van der Waals surface area contributed by atoms with Gasteiger partial charge in [0.2, 0.25) is 6.34 Å². The SMILES string of the molecule is CC1=NC=NC1=[N+]=[N-]. The predicted octanol–water partition coefficient (Wildman–Crippen LogP) is 0.117. The van der Waals surface area contributed by atoms with Gasteiger partial charge in [0.15, 0.2) is 5.71 Å². The van der Waals surface area contributed by atoms with E-state index in [0.717, 1.165) is 0 Å². The minimum atomic E-state index is 0.296. The Balaban J connectivity index is 3.05. The molecule has 1 aliphatic rings. The summed E-state index contributed by atoms with van der Waals surface area (Å²) in [5, 5.41) is 0. The summed E-state index contributed by atoms with van der Waals surface area (Å²) in [6.07, 6.45) is 1.35. The predicted molar refractivity (Wildman–Crippen MR) is 30.2 cm³/mol. The Morgan fingerprint density at radius 2 is 2.50 bits per heavy atom. The van der Waals surface area contributed by atoms with Crippen molar-refractivity contribution in [3.8, 4) is 0 Å². The zero-order valence-corrected chi connectivity index (χ0v) is 4.37. The van der Waals surface area contributed by atoms with Crippen LogP contribution in [0.3, 0.4) is 0 Å². The highest BCUT2D eigenvalue weighted by Crippen LogP contribution is 1.87. The lowest BCUT2D eigenvalue weighted by Crippen LogP contribution is -2.02. The molecule has 4 heteroatoms. The second kappa shape index (κ2) is 1.68. The van der Waals surface area contributed by atoms with Crippen LogP contribution in [0.25, 0.3) is 5.53 Å². The number of aliphatic imine (C=N–C) groups is 2. The van der Waals surface area contributed by atoms with Gasteiger partial charge in [-0.3, -0.25) is 0 Å². The van der Waals surface area contributed by atoms with Crippen LogP contribution >= 0.6 is 0 Å². The highest BCUT2D eigenvalue weighted by Gasteiger charge is 2.14. The van der Waals surface area contributed by atoms with Crippen LogP contribution in [0, 0.1) is 0 Å². The molecule has 0 aromatic heterocycles. The van der Waals surface area contributed by atoms with Gasteiger partial charge < -0.3 is 10.3 Å². The van der Waals surface area contributed by atoms with Crippen LogP contribution in [-0.4, -0.2) is 22.7 Å². The summed E-state index contributed by atoms with van der Waals surface area (Å²) in [6.45, 7) is 1.72. The standard InChI is InChI=1S/C4H4N4/c1-3-4(8-5)7-2-6-3/h2H,1H3. The van der Waals surface area contributed by atoms with Gasteiger partial charge in [-0.25, -0.2) is 4.99 Å². The quantitative estimate of drug-likeness (QED) is 0.312. The molecule has 1 rings (SSSR count). The van der Waals surface area contributed by atoms with Gasteiger partial charge in [-0.05, 0) is 11.9 Å². The first kappa shape index (κ1) is 4.87. The van der Waals surface area contributed by atoms with Gasteiger partial charge in [-0.15, -0.1) is 0 Å². The first-order chi connectivity index (χ1) is 3.84. The molecule has 0 aromatic carbocycles. The Hall–Kier alpha value is -1.28. The summed E-state index contributed by atoms with van der Waals surface area (Å²) in [5.74, 6) is 0.296. The molecule has 0 saturated heterocycles. The second-order valence-electron chi connectivity index (χ2n) is 1.38. The molecule has 0 amide bonds. The van der Waals surface area contributed by atoms with E-state index in [1.807, 2.05) is 0 Å². The second-order valence-corrected chi connectivity index (χ2v) is 1.38. The van der Waals surface area contributed by atoms with Gasteiger partial charge in [0.1, 0.15) is 0 Å². The van der Waals surface area contributed by atoms with Crippen LogP contribution in [0.1, 0.15) is 6.92 Å². The molecule has 8 heavy (non-hydrogen) atoms. The molecular weight excluding hydrogens is 104 g/mol. The average Bonchev–Trinajstić information content (AvgIpc) is 2.14. The Labute approximate surface area is 46.2 Å². The maximum absolute atomic E-state index is 8.13. The minimum Gasteiger partial charge on any atom is -0.497 e. The fraction of sp³-hybridized carbons (Fsp3) is 0.250. The van der Waals surface area contributed by atoms with E-state index < -0.39 is 0 Å². The summed E-state index contributed by atoms with van der Waals surface area (Å²) in [4.78, 5) is 10.2. The molecule has 0 fully saturated rings. The van der Waals surface area contributed by atoms with Crippen LogP contribution in [0.2, 0.25) is 0 Å². The maximum Gasteiger partial charge on any atom is 0.423 e. The van der Waals surface area contributed by atoms with Crippen molar-refractivity contribution in [2.24, 2.45) is 9.98 Å². The van der Waals surface area contributed by atoms with Crippen LogP contribution < -0.4 is 0 Å². The van der Waals surface area contributed by atoms with Gasteiger partial charge in [-0.1, -0.05) is 0 Å². The lowest BCUT2D eigenvalue weighted by molar-refractivity contribution is -0.00281. The molecule has 4 nitrogen and oxygen atoms in total. The Morgan fingerprint density at radius 3 is 2.75 bits per heavy atom. The minimum absolute atomic E-state index is 0.296. The molecule has 0 saturated carbocycles. The van der Waals surface area contributed by atoms with Crippen molar-refractivity contribution in [2.75, 3.05) is 0 Å². The largest absolute Gasteiger partial charge is 0.497 e. The van der Waals surface area contributed by atoms with Gasteiger partial charge >= 0.3 is 5.84 Å². The molecule has 0 radical (unpaired) electrons. The van der Waals surface area contributed by atoms with Crippen LogP contribution in [0.4, 0.5) is 0 Å². The van der Waals surface area contributed by atoms with Gasteiger partial charge in [0.05, 0.1) is 0 Å². The lowest BCUT2D eigenvalue weighted by atomic mass is 10.4. The first-order valence-electron chi connectivity index (χ1n) is 2.14. The Morgan fingerprint density at radius 1 is 1.75 bits per heavy atom. The third-order valence-electron chi connectivity index (χ3n) is 0.850. The molecule has 0 aromatic rings. The molecule has 0 N–H and O–H groups in total. The zero-order chi connectivity index (χ0) is 5.98. The average molecular weight is 108 g/mol. The maximum atomic E-state index is 8.13. The summed E-state index contributed by atoms with van der Waals surface area (Å²) in [6, 6.07) is 0. The topological polar surface area (TPSA) is 61.1 Å².